The second-order valence-electron chi connectivity index (χ2n) is 4.25. The standard InChI is InChI=1S/C12H17BrN2O/c1-9-3-4-11-10(2)15(8-7-14(9)11)12(16)5-6-13/h3-4,10H,5-8H2,1-2H3. The Bertz CT molecular complexity index is 400. The van der Waals surface area contributed by atoms with Crippen molar-refractivity contribution in [2.75, 3.05) is 11.9 Å². The third kappa shape index (κ3) is 1.90. The lowest BCUT2D eigenvalue weighted by atomic mass is 10.1. The third-order valence-corrected chi connectivity index (χ3v) is 3.72. The van der Waals surface area contributed by atoms with Gasteiger partial charge in [-0.25, -0.2) is 0 Å². The Hall–Kier alpha value is -0.770. The molecule has 1 aliphatic heterocycles. The van der Waals surface area contributed by atoms with Crippen LogP contribution >= 0.6 is 15.9 Å². The summed E-state index contributed by atoms with van der Waals surface area (Å²) in [5.74, 6) is 0.245. The molecule has 0 spiro atoms. The molecule has 0 bridgehead atoms. The first-order valence-electron chi connectivity index (χ1n) is 5.66. The van der Waals surface area contributed by atoms with Gasteiger partial charge in [-0.15, -0.1) is 0 Å². The summed E-state index contributed by atoms with van der Waals surface area (Å²) in [6, 6.07) is 4.46. The zero-order chi connectivity index (χ0) is 11.7. The van der Waals surface area contributed by atoms with Crippen LogP contribution in [0.15, 0.2) is 12.1 Å². The molecule has 16 heavy (non-hydrogen) atoms. The molecule has 2 rings (SSSR count). The van der Waals surface area contributed by atoms with Gasteiger partial charge in [0.25, 0.3) is 0 Å². The molecule has 1 atom stereocenters. The molecule has 4 heteroatoms. The number of amides is 1. The Morgan fingerprint density at radius 2 is 2.25 bits per heavy atom. The fourth-order valence-corrected chi connectivity index (χ4v) is 2.73. The number of aryl methyl sites for hydroxylation is 1. The predicted molar refractivity (Wildman–Crippen MR) is 67.7 cm³/mol. The largest absolute Gasteiger partial charge is 0.345 e. The summed E-state index contributed by atoms with van der Waals surface area (Å²) in [5, 5.41) is 0.745. The van der Waals surface area contributed by atoms with Crippen LogP contribution in [0.4, 0.5) is 0 Å². The maximum Gasteiger partial charge on any atom is 0.224 e. The van der Waals surface area contributed by atoms with Crippen molar-refractivity contribution in [1.29, 1.82) is 0 Å². The Morgan fingerprint density at radius 1 is 1.50 bits per heavy atom. The molecule has 1 aliphatic rings. The SMILES string of the molecule is Cc1ccc2n1CCN(C(=O)CCBr)C2C. The molecule has 88 valence electrons. The summed E-state index contributed by atoms with van der Waals surface area (Å²) in [6.07, 6.45) is 0.587. The van der Waals surface area contributed by atoms with E-state index < -0.39 is 0 Å². The fourth-order valence-electron chi connectivity index (χ4n) is 2.39. The van der Waals surface area contributed by atoms with E-state index in [0.29, 0.717) is 6.42 Å². The number of aromatic nitrogens is 1. The molecule has 0 fully saturated rings. The highest BCUT2D eigenvalue weighted by molar-refractivity contribution is 9.09. The highest BCUT2D eigenvalue weighted by atomic mass is 79.9. The van der Waals surface area contributed by atoms with E-state index in [1.165, 1.54) is 11.4 Å². The van der Waals surface area contributed by atoms with E-state index in [2.05, 4.69) is 46.5 Å². The van der Waals surface area contributed by atoms with Crippen molar-refractivity contribution in [3.8, 4) is 0 Å². The van der Waals surface area contributed by atoms with E-state index in [0.717, 1.165) is 18.4 Å². The van der Waals surface area contributed by atoms with Crippen molar-refractivity contribution in [1.82, 2.24) is 9.47 Å². The van der Waals surface area contributed by atoms with Gasteiger partial charge < -0.3 is 9.47 Å². The Labute approximate surface area is 105 Å². The molecule has 1 aromatic heterocycles. The molecule has 0 N–H and O–H groups in total. The van der Waals surface area contributed by atoms with Crippen LogP contribution in [0, 0.1) is 6.92 Å². The van der Waals surface area contributed by atoms with Crippen molar-refractivity contribution in [3.63, 3.8) is 0 Å². The lowest BCUT2D eigenvalue weighted by Crippen LogP contribution is -2.41. The average molecular weight is 285 g/mol. The van der Waals surface area contributed by atoms with Crippen molar-refractivity contribution >= 4 is 21.8 Å². The highest BCUT2D eigenvalue weighted by Crippen LogP contribution is 2.27. The van der Waals surface area contributed by atoms with Crippen LogP contribution in [0.3, 0.4) is 0 Å². The predicted octanol–water partition coefficient (Wildman–Crippen LogP) is 2.48. The van der Waals surface area contributed by atoms with E-state index in [-0.39, 0.29) is 11.9 Å². The number of carbonyl (C=O) groups excluding carboxylic acids is 1. The van der Waals surface area contributed by atoms with Gasteiger partial charge in [0.2, 0.25) is 5.91 Å². The molecule has 1 aromatic rings. The first-order chi connectivity index (χ1) is 7.65. The molecule has 3 nitrogen and oxygen atoms in total. The topological polar surface area (TPSA) is 25.2 Å². The molecule has 0 saturated carbocycles. The van der Waals surface area contributed by atoms with Gasteiger partial charge in [0.15, 0.2) is 0 Å². The fraction of sp³-hybridized carbons (Fsp3) is 0.583. The number of carbonyl (C=O) groups is 1. The number of fused-ring (bicyclic) bond motifs is 1. The summed E-state index contributed by atoms with van der Waals surface area (Å²) in [6.45, 7) is 5.98. The minimum Gasteiger partial charge on any atom is -0.345 e. The van der Waals surface area contributed by atoms with Crippen LogP contribution in [0.5, 0.6) is 0 Å². The monoisotopic (exact) mass is 284 g/mol. The lowest BCUT2D eigenvalue weighted by molar-refractivity contribution is -0.133. The average Bonchev–Trinajstić information content (AvgIpc) is 2.62. The van der Waals surface area contributed by atoms with Gasteiger partial charge in [0.1, 0.15) is 0 Å². The second kappa shape index (κ2) is 4.62. The van der Waals surface area contributed by atoms with Crippen molar-refractivity contribution in [2.45, 2.75) is 32.9 Å². The lowest BCUT2D eigenvalue weighted by Gasteiger charge is -2.35. The van der Waals surface area contributed by atoms with E-state index in [4.69, 9.17) is 0 Å². The molecule has 0 aromatic carbocycles. The van der Waals surface area contributed by atoms with E-state index in [1.807, 2.05) is 4.90 Å². The molecular weight excluding hydrogens is 268 g/mol. The van der Waals surface area contributed by atoms with Gasteiger partial charge in [-0.2, -0.15) is 0 Å². The Balaban J connectivity index is 2.21. The van der Waals surface area contributed by atoms with E-state index >= 15 is 0 Å². The van der Waals surface area contributed by atoms with Gasteiger partial charge in [0.05, 0.1) is 6.04 Å². The van der Waals surface area contributed by atoms with E-state index in [1.54, 1.807) is 0 Å². The minimum atomic E-state index is 0.203. The molecule has 1 unspecified atom stereocenters. The normalized spacial score (nSPS) is 19.7. The van der Waals surface area contributed by atoms with Crippen LogP contribution in [0.1, 0.15) is 30.8 Å². The summed E-state index contributed by atoms with van der Waals surface area (Å²) >= 11 is 3.32. The molecule has 2 heterocycles. The second-order valence-corrected chi connectivity index (χ2v) is 5.05. The number of hydrogen-bond acceptors (Lipinski definition) is 1. The molecular formula is C12H17BrN2O. The molecule has 1 amide bonds. The number of alkyl halides is 1. The van der Waals surface area contributed by atoms with E-state index in [9.17, 15) is 4.79 Å². The smallest absolute Gasteiger partial charge is 0.224 e. The van der Waals surface area contributed by atoms with Gasteiger partial charge in [0, 0.05) is 36.2 Å². The zero-order valence-electron chi connectivity index (χ0n) is 9.74. The first-order valence-corrected chi connectivity index (χ1v) is 6.78. The Morgan fingerprint density at radius 3 is 2.94 bits per heavy atom. The van der Waals surface area contributed by atoms with Gasteiger partial charge >= 0.3 is 0 Å². The zero-order valence-corrected chi connectivity index (χ0v) is 11.3. The van der Waals surface area contributed by atoms with Crippen LogP contribution in [0.2, 0.25) is 0 Å². The molecule has 0 radical (unpaired) electrons. The summed E-state index contributed by atoms with van der Waals surface area (Å²) in [5.41, 5.74) is 2.54. The van der Waals surface area contributed by atoms with Crippen molar-refractivity contribution in [2.24, 2.45) is 0 Å². The van der Waals surface area contributed by atoms with Gasteiger partial charge in [-0.3, -0.25) is 4.79 Å². The summed E-state index contributed by atoms with van der Waals surface area (Å²) in [4.78, 5) is 13.9. The van der Waals surface area contributed by atoms with Crippen LogP contribution in [-0.2, 0) is 11.3 Å². The number of hydrogen-bond donors (Lipinski definition) is 0. The van der Waals surface area contributed by atoms with Gasteiger partial charge in [-0.1, -0.05) is 15.9 Å². The van der Waals surface area contributed by atoms with Crippen LogP contribution in [-0.4, -0.2) is 27.2 Å². The molecule has 0 aliphatic carbocycles. The third-order valence-electron chi connectivity index (χ3n) is 3.32. The number of rotatable bonds is 2. The van der Waals surface area contributed by atoms with Crippen molar-refractivity contribution < 1.29 is 4.79 Å². The maximum absolute atomic E-state index is 11.9. The first kappa shape index (κ1) is 11.7. The van der Waals surface area contributed by atoms with Crippen LogP contribution < -0.4 is 0 Å². The Kier molecular flexibility index (Phi) is 3.38. The molecule has 0 saturated heterocycles. The van der Waals surface area contributed by atoms with Crippen molar-refractivity contribution in [3.05, 3.63) is 23.5 Å². The number of nitrogens with zero attached hydrogens (tertiary/aromatic N) is 2. The quantitative estimate of drug-likeness (QED) is 0.766. The summed E-state index contributed by atoms with van der Waals surface area (Å²) in [7, 11) is 0. The highest BCUT2D eigenvalue weighted by Gasteiger charge is 2.27. The van der Waals surface area contributed by atoms with Crippen LogP contribution in [0.25, 0.3) is 0 Å². The summed E-state index contributed by atoms with van der Waals surface area (Å²) < 4.78 is 2.31. The minimum absolute atomic E-state index is 0.203. The number of halogens is 1. The van der Waals surface area contributed by atoms with Gasteiger partial charge in [-0.05, 0) is 26.0 Å². The maximum atomic E-state index is 11.9.